The van der Waals surface area contributed by atoms with E-state index in [9.17, 15) is 0 Å². The average Bonchev–Trinajstić information content (AvgIpc) is 1.37. The van der Waals surface area contributed by atoms with E-state index in [2.05, 4.69) is 6.58 Å². The van der Waals surface area contributed by atoms with E-state index in [0.717, 1.165) is 49.0 Å². The molecule has 0 bridgehead atoms. The molecular formula is C3H8KN. The van der Waals surface area contributed by atoms with Crippen LogP contribution in [-0.2, 0) is 0 Å². The summed E-state index contributed by atoms with van der Waals surface area (Å²) in [5.74, 6) is 0. The minimum absolute atomic E-state index is 0. The average molecular weight is 97.2 g/mol. The molecule has 0 aliphatic carbocycles. The number of allylic oxidation sites excluding steroid dienone is 1. The largest absolute Gasteiger partial charge is 0.344 e. The van der Waals surface area contributed by atoms with Gasteiger partial charge >= 0.3 is 62.1 Å². The summed E-state index contributed by atoms with van der Waals surface area (Å²) in [7, 11) is 0. The molecule has 0 rings (SSSR count). The standard InChI is InChI=1S/C3H5.K.H3N/c1-3-2;;/h3H,1-2H2;;1H3. The van der Waals surface area contributed by atoms with Crippen LogP contribution in [-0.4, -0.2) is 49.0 Å². The molecule has 0 aliphatic heterocycles. The Balaban J connectivity index is 0. The molecule has 0 unspecified atom stereocenters. The molecule has 0 spiro atoms. The monoisotopic (exact) mass is 97.0 g/mol. The molecule has 1 nitrogen and oxygen atoms in total. The van der Waals surface area contributed by atoms with Gasteiger partial charge in [-0.1, -0.05) is 0 Å². The fraction of sp³-hybridized carbons (Fsp3) is 0.333. The Labute approximate surface area is 67.0 Å². The Morgan fingerprint density at radius 2 is 2.00 bits per heavy atom. The first-order valence-corrected chi connectivity index (χ1v) is 3.73. The SMILES string of the molecule is C=C[CH2][K].N. The minimum atomic E-state index is 0. The van der Waals surface area contributed by atoms with E-state index in [-0.39, 0.29) is 6.15 Å². The number of hydrogen-bond acceptors (Lipinski definition) is 1. The molecule has 0 aromatic rings. The summed E-state index contributed by atoms with van der Waals surface area (Å²) in [5, 5.41) is 0. The first-order chi connectivity index (χ1) is 1.91. The van der Waals surface area contributed by atoms with Crippen molar-refractivity contribution in [3.8, 4) is 0 Å². The minimum Gasteiger partial charge on any atom is -0.344 e. The third-order valence-corrected chi connectivity index (χ3v) is 1.19. The zero-order valence-electron chi connectivity index (χ0n) is 3.70. The molecule has 0 amide bonds. The second-order valence-corrected chi connectivity index (χ2v) is 1.97. The van der Waals surface area contributed by atoms with Gasteiger partial charge in [0.2, 0.25) is 0 Å². The maximum Gasteiger partial charge on any atom is -0.344 e. The zero-order chi connectivity index (χ0) is 3.41. The van der Waals surface area contributed by atoms with Gasteiger partial charge in [-0.2, -0.15) is 0 Å². The summed E-state index contributed by atoms with van der Waals surface area (Å²) in [6.07, 6.45) is 1.96. The molecule has 0 radical (unpaired) electrons. The molecule has 3 N–H and O–H groups in total. The van der Waals surface area contributed by atoms with Crippen LogP contribution in [0.5, 0.6) is 0 Å². The predicted octanol–water partition coefficient (Wildman–Crippen LogP) is 0.921. The molecule has 5 heavy (non-hydrogen) atoms. The van der Waals surface area contributed by atoms with Crippen molar-refractivity contribution >= 4 is 49.0 Å². The summed E-state index contributed by atoms with van der Waals surface area (Å²) < 4.78 is 1.27. The van der Waals surface area contributed by atoms with Gasteiger partial charge < -0.3 is 6.15 Å². The summed E-state index contributed by atoms with van der Waals surface area (Å²) in [4.78, 5) is 0. The van der Waals surface area contributed by atoms with E-state index in [0.29, 0.717) is 0 Å². The third kappa shape index (κ3) is 10.9. The van der Waals surface area contributed by atoms with Gasteiger partial charge in [-0.15, -0.1) is 0 Å². The Morgan fingerprint density at radius 1 is 1.80 bits per heavy atom. The van der Waals surface area contributed by atoms with E-state index in [1.807, 2.05) is 6.08 Å². The maximum atomic E-state index is 3.53. The van der Waals surface area contributed by atoms with Crippen molar-refractivity contribution in [3.63, 3.8) is 0 Å². The van der Waals surface area contributed by atoms with E-state index >= 15 is 0 Å². The summed E-state index contributed by atoms with van der Waals surface area (Å²) >= 11 is 0.995. The fourth-order valence-corrected chi connectivity index (χ4v) is 0. The Kier molecular flexibility index (Phi) is 17.3. The quantitative estimate of drug-likeness (QED) is 0.383. The fourth-order valence-electron chi connectivity index (χ4n) is 0. The Morgan fingerprint density at radius 3 is 2.00 bits per heavy atom. The second kappa shape index (κ2) is 9.01. The topological polar surface area (TPSA) is 35.0 Å². The van der Waals surface area contributed by atoms with Gasteiger partial charge in [-0.25, -0.2) is 0 Å². The van der Waals surface area contributed by atoms with E-state index in [1.165, 1.54) is 0.515 Å². The van der Waals surface area contributed by atoms with Crippen LogP contribution < -0.4 is 6.15 Å². The van der Waals surface area contributed by atoms with Crippen molar-refractivity contribution in [2.75, 3.05) is 0 Å². The number of rotatable bonds is 1. The number of hydrogen-bond donors (Lipinski definition) is 1. The molecule has 26 valence electrons. The summed E-state index contributed by atoms with van der Waals surface area (Å²) in [5.41, 5.74) is 0. The first-order valence-electron chi connectivity index (χ1n) is 1.52. The van der Waals surface area contributed by atoms with Gasteiger partial charge in [-0.05, 0) is 0 Å². The van der Waals surface area contributed by atoms with Crippen LogP contribution in [0.15, 0.2) is 12.7 Å². The molecule has 0 aliphatic rings. The third-order valence-electron chi connectivity index (χ3n) is 0.289. The van der Waals surface area contributed by atoms with Gasteiger partial charge in [0, 0.05) is 0 Å². The first kappa shape index (κ1) is 9.60. The van der Waals surface area contributed by atoms with Gasteiger partial charge in [0.25, 0.3) is 0 Å². The van der Waals surface area contributed by atoms with Crippen molar-refractivity contribution in [1.29, 1.82) is 0 Å². The van der Waals surface area contributed by atoms with Gasteiger partial charge in [-0.3, -0.25) is 0 Å². The molecule has 0 saturated carbocycles. The van der Waals surface area contributed by atoms with Crippen LogP contribution in [0.1, 0.15) is 0 Å². The van der Waals surface area contributed by atoms with Crippen LogP contribution in [0.25, 0.3) is 0 Å². The molecular weight excluding hydrogens is 89.1 g/mol. The van der Waals surface area contributed by atoms with Crippen molar-refractivity contribution in [2.45, 2.75) is 0.515 Å². The van der Waals surface area contributed by atoms with Crippen LogP contribution in [0.4, 0.5) is 0 Å². The summed E-state index contributed by atoms with van der Waals surface area (Å²) in [6.45, 7) is 3.53. The normalized spacial score (nSPS) is 5.20. The second-order valence-electron chi connectivity index (χ2n) is 0.697. The van der Waals surface area contributed by atoms with Crippen molar-refractivity contribution in [3.05, 3.63) is 12.7 Å². The summed E-state index contributed by atoms with van der Waals surface area (Å²) in [6, 6.07) is 0. The van der Waals surface area contributed by atoms with Gasteiger partial charge in [0.15, 0.2) is 0 Å². The Hall–Kier alpha value is 1.34. The van der Waals surface area contributed by atoms with Gasteiger partial charge in [0.1, 0.15) is 0 Å². The molecule has 2 heteroatoms. The molecule has 0 aromatic heterocycles. The smallest absolute Gasteiger partial charge is 0.344 e. The molecule has 0 heterocycles. The predicted molar refractivity (Wildman–Crippen MR) is 25.8 cm³/mol. The maximum absolute atomic E-state index is 3.53. The van der Waals surface area contributed by atoms with Crippen LogP contribution >= 0.6 is 0 Å². The van der Waals surface area contributed by atoms with Gasteiger partial charge in [0.05, 0.1) is 0 Å². The Bertz CT molecular complexity index is 20.9. The van der Waals surface area contributed by atoms with Crippen LogP contribution in [0, 0.1) is 0 Å². The van der Waals surface area contributed by atoms with E-state index in [1.54, 1.807) is 0 Å². The van der Waals surface area contributed by atoms with Crippen LogP contribution in [0.2, 0.25) is 0.515 Å². The van der Waals surface area contributed by atoms with Crippen LogP contribution in [0.3, 0.4) is 0 Å². The molecule has 0 fully saturated rings. The molecule has 0 atom stereocenters. The molecule has 0 saturated heterocycles. The van der Waals surface area contributed by atoms with E-state index in [4.69, 9.17) is 0 Å². The van der Waals surface area contributed by atoms with Crippen molar-refractivity contribution in [1.82, 2.24) is 6.15 Å². The van der Waals surface area contributed by atoms with E-state index < -0.39 is 0 Å². The zero-order valence-corrected chi connectivity index (χ0v) is 6.82. The molecule has 0 aromatic carbocycles. The van der Waals surface area contributed by atoms with Crippen molar-refractivity contribution in [2.24, 2.45) is 0 Å². The van der Waals surface area contributed by atoms with Crippen molar-refractivity contribution < 1.29 is 0 Å².